The van der Waals surface area contributed by atoms with E-state index >= 15 is 0 Å². The number of hydrogen-bond donors (Lipinski definition) is 2. The van der Waals surface area contributed by atoms with Crippen molar-refractivity contribution in [2.75, 3.05) is 25.5 Å². The molecule has 0 aliphatic carbocycles. The molecule has 28 heavy (non-hydrogen) atoms. The van der Waals surface area contributed by atoms with Crippen molar-refractivity contribution in [2.45, 2.75) is 33.4 Å². The molecule has 0 unspecified atom stereocenters. The fourth-order valence-electron chi connectivity index (χ4n) is 2.85. The van der Waals surface area contributed by atoms with Gasteiger partial charge in [0.05, 0.1) is 18.6 Å². The van der Waals surface area contributed by atoms with Gasteiger partial charge in [0.25, 0.3) is 0 Å². The summed E-state index contributed by atoms with van der Waals surface area (Å²) in [5, 5.41) is 8.92. The Morgan fingerprint density at radius 2 is 2.00 bits per heavy atom. The number of aryl methyl sites for hydroxylation is 1. The van der Waals surface area contributed by atoms with E-state index in [1.165, 1.54) is 4.88 Å². The molecule has 0 bridgehead atoms. The Labute approximate surface area is 170 Å². The molecule has 0 amide bonds. The number of pyridine rings is 1. The minimum absolute atomic E-state index is 0.581. The molecule has 2 N–H and O–H groups in total. The minimum Gasteiger partial charge on any atom is -0.363 e. The Morgan fingerprint density at radius 3 is 2.71 bits per heavy atom. The average Bonchev–Trinajstić information content (AvgIpc) is 3.17. The highest BCUT2D eigenvalue weighted by atomic mass is 32.1. The highest BCUT2D eigenvalue weighted by Crippen LogP contribution is 2.22. The van der Waals surface area contributed by atoms with E-state index in [9.17, 15) is 0 Å². The number of nitrogens with zero attached hydrogens (tertiary/aromatic N) is 4. The molecule has 1 aromatic carbocycles. The Bertz CT molecular complexity index is 947. The molecule has 0 aliphatic heterocycles. The van der Waals surface area contributed by atoms with E-state index in [1.807, 2.05) is 43.4 Å². The van der Waals surface area contributed by atoms with Gasteiger partial charge in [-0.05, 0) is 31.0 Å². The van der Waals surface area contributed by atoms with Gasteiger partial charge in [0.1, 0.15) is 10.8 Å². The van der Waals surface area contributed by atoms with Gasteiger partial charge in [-0.2, -0.15) is 0 Å². The summed E-state index contributed by atoms with van der Waals surface area (Å²) in [7, 11) is 4.02. The van der Waals surface area contributed by atoms with Crippen LogP contribution >= 0.6 is 11.3 Å². The predicted molar refractivity (Wildman–Crippen MR) is 119 cm³/mol. The Kier molecular flexibility index (Phi) is 6.81. The van der Waals surface area contributed by atoms with Gasteiger partial charge >= 0.3 is 0 Å². The number of nitrogens with one attached hydrogen (secondary N) is 2. The van der Waals surface area contributed by atoms with E-state index < -0.39 is 0 Å². The van der Waals surface area contributed by atoms with Crippen molar-refractivity contribution >= 4 is 34.0 Å². The van der Waals surface area contributed by atoms with Gasteiger partial charge in [-0.15, -0.1) is 11.3 Å². The van der Waals surface area contributed by atoms with E-state index in [0.717, 1.165) is 46.2 Å². The van der Waals surface area contributed by atoms with Crippen molar-refractivity contribution in [3.8, 4) is 0 Å². The quantitative estimate of drug-likeness (QED) is 0.472. The van der Waals surface area contributed by atoms with Gasteiger partial charge in [-0.25, -0.2) is 15.0 Å². The van der Waals surface area contributed by atoms with Crippen LogP contribution in [0.2, 0.25) is 0 Å². The lowest BCUT2D eigenvalue weighted by atomic mass is 10.1. The third-order valence-electron chi connectivity index (χ3n) is 4.36. The van der Waals surface area contributed by atoms with E-state index in [2.05, 4.69) is 41.6 Å². The van der Waals surface area contributed by atoms with Crippen molar-refractivity contribution in [3.05, 3.63) is 52.0 Å². The summed E-state index contributed by atoms with van der Waals surface area (Å²) in [5.74, 6) is 1.74. The van der Waals surface area contributed by atoms with Gasteiger partial charge in [0.2, 0.25) is 0 Å². The maximum Gasteiger partial charge on any atom is 0.191 e. The zero-order chi connectivity index (χ0) is 19.9. The number of anilines is 1. The molecule has 148 valence electrons. The fraction of sp³-hybridized carbons (Fsp3) is 0.381. The third-order valence-corrected chi connectivity index (χ3v) is 5.50. The molecule has 2 heterocycles. The van der Waals surface area contributed by atoms with Gasteiger partial charge in [-0.1, -0.05) is 25.1 Å². The van der Waals surface area contributed by atoms with Crippen molar-refractivity contribution in [1.82, 2.24) is 20.6 Å². The summed E-state index contributed by atoms with van der Waals surface area (Å²) >= 11 is 1.74. The lowest BCUT2D eigenvalue weighted by Gasteiger charge is -2.15. The second kappa shape index (κ2) is 9.50. The molecule has 0 saturated carbocycles. The van der Waals surface area contributed by atoms with E-state index in [1.54, 1.807) is 11.3 Å². The first-order valence-electron chi connectivity index (χ1n) is 9.62. The number of benzene rings is 1. The normalized spacial score (nSPS) is 11.6. The Balaban J connectivity index is 1.80. The molecule has 0 atom stereocenters. The number of rotatable bonds is 7. The number of aromatic nitrogens is 2. The van der Waals surface area contributed by atoms with Gasteiger partial charge in [0, 0.05) is 37.1 Å². The van der Waals surface area contributed by atoms with Crippen LogP contribution in [-0.2, 0) is 19.5 Å². The Morgan fingerprint density at radius 1 is 1.18 bits per heavy atom. The maximum absolute atomic E-state index is 4.80. The summed E-state index contributed by atoms with van der Waals surface area (Å²) in [4.78, 5) is 17.3. The van der Waals surface area contributed by atoms with Crippen LogP contribution in [0.4, 0.5) is 5.82 Å². The van der Waals surface area contributed by atoms with Crippen LogP contribution in [-0.4, -0.2) is 36.6 Å². The van der Waals surface area contributed by atoms with Gasteiger partial charge in [0.15, 0.2) is 5.96 Å². The molecule has 3 rings (SSSR count). The van der Waals surface area contributed by atoms with E-state index in [4.69, 9.17) is 9.98 Å². The highest BCUT2D eigenvalue weighted by Gasteiger charge is 2.08. The topological polar surface area (TPSA) is 65.4 Å². The van der Waals surface area contributed by atoms with Crippen molar-refractivity contribution < 1.29 is 0 Å². The third kappa shape index (κ3) is 4.98. The smallest absolute Gasteiger partial charge is 0.191 e. The monoisotopic (exact) mass is 396 g/mol. The standard InChI is InChI=1S/C21H28N6S/c1-5-16-13-23-20(28-16)14-25-21(22-6-2)24-12-15-11-19(27(3)4)26-18-10-8-7-9-17(15)18/h7-11,13H,5-6,12,14H2,1-4H3,(H2,22,24,25). The molecule has 6 nitrogen and oxygen atoms in total. The zero-order valence-corrected chi connectivity index (χ0v) is 17.8. The number of hydrogen-bond acceptors (Lipinski definition) is 5. The summed E-state index contributed by atoms with van der Waals surface area (Å²) in [6.45, 7) is 6.29. The number of thiazole rings is 1. The second-order valence-electron chi connectivity index (χ2n) is 6.67. The minimum atomic E-state index is 0.581. The highest BCUT2D eigenvalue weighted by molar-refractivity contribution is 7.11. The summed E-state index contributed by atoms with van der Waals surface area (Å²) in [5.41, 5.74) is 2.15. The van der Waals surface area contributed by atoms with E-state index in [-0.39, 0.29) is 0 Å². The second-order valence-corrected chi connectivity index (χ2v) is 7.87. The maximum atomic E-state index is 4.80. The molecule has 0 fully saturated rings. The largest absolute Gasteiger partial charge is 0.363 e. The first-order valence-corrected chi connectivity index (χ1v) is 10.4. The van der Waals surface area contributed by atoms with Crippen LogP contribution in [0.3, 0.4) is 0 Å². The fourth-order valence-corrected chi connectivity index (χ4v) is 3.65. The summed E-state index contributed by atoms with van der Waals surface area (Å²) < 4.78 is 0. The number of fused-ring (bicyclic) bond motifs is 1. The van der Waals surface area contributed by atoms with Crippen LogP contribution in [0.25, 0.3) is 10.9 Å². The molecule has 3 aromatic rings. The molecule has 2 aromatic heterocycles. The van der Waals surface area contributed by atoms with Gasteiger partial charge < -0.3 is 15.5 Å². The lowest BCUT2D eigenvalue weighted by Crippen LogP contribution is -2.36. The summed E-state index contributed by atoms with van der Waals surface area (Å²) in [6, 6.07) is 10.3. The predicted octanol–water partition coefficient (Wildman–Crippen LogP) is 3.58. The van der Waals surface area contributed by atoms with E-state index in [0.29, 0.717) is 13.1 Å². The summed E-state index contributed by atoms with van der Waals surface area (Å²) in [6.07, 6.45) is 2.98. The van der Waals surface area contributed by atoms with Crippen molar-refractivity contribution in [3.63, 3.8) is 0 Å². The molecule has 0 spiro atoms. The SMILES string of the molecule is CCNC(=NCc1cc(N(C)C)nc2ccccc12)NCc1ncc(CC)s1. The zero-order valence-electron chi connectivity index (χ0n) is 17.0. The number of aliphatic imine (C=N–C) groups is 1. The molecule has 0 saturated heterocycles. The van der Waals surface area contributed by atoms with Crippen LogP contribution in [0.15, 0.2) is 41.5 Å². The number of guanidine groups is 1. The molecule has 0 aliphatic rings. The van der Waals surface area contributed by atoms with Gasteiger partial charge in [-0.3, -0.25) is 0 Å². The first kappa shape index (κ1) is 20.1. The van der Waals surface area contributed by atoms with Crippen LogP contribution in [0, 0.1) is 0 Å². The van der Waals surface area contributed by atoms with Crippen molar-refractivity contribution in [1.29, 1.82) is 0 Å². The molecule has 0 radical (unpaired) electrons. The van der Waals surface area contributed by atoms with Crippen LogP contribution < -0.4 is 15.5 Å². The lowest BCUT2D eigenvalue weighted by molar-refractivity contribution is 0.812. The molecular weight excluding hydrogens is 368 g/mol. The van der Waals surface area contributed by atoms with Crippen molar-refractivity contribution in [2.24, 2.45) is 4.99 Å². The van der Waals surface area contributed by atoms with Crippen LogP contribution in [0.5, 0.6) is 0 Å². The molecular formula is C21H28N6S. The number of para-hydroxylation sites is 1. The average molecular weight is 397 g/mol. The molecule has 7 heteroatoms. The Hall–Kier alpha value is -2.67. The first-order chi connectivity index (χ1) is 13.6. The van der Waals surface area contributed by atoms with Crippen LogP contribution in [0.1, 0.15) is 29.3 Å².